The maximum atomic E-state index is 3.65. The molecule has 1 heterocycles. The van der Waals surface area contributed by atoms with Gasteiger partial charge in [0, 0.05) is 4.53 Å². The van der Waals surface area contributed by atoms with E-state index >= 15 is 0 Å². The monoisotopic (exact) mass is 180 g/mol. The van der Waals surface area contributed by atoms with E-state index in [1.807, 2.05) is 32.9 Å². The molecule has 1 rings (SSSR count). The zero-order valence-corrected chi connectivity index (χ0v) is 8.82. The van der Waals surface area contributed by atoms with Crippen molar-refractivity contribution in [1.82, 2.24) is 0 Å². The zero-order valence-electron chi connectivity index (χ0n) is 8.00. The quantitative estimate of drug-likeness (QED) is 0.623. The Morgan fingerprint density at radius 3 is 2.58 bits per heavy atom. The average Bonchev–Trinajstić information content (AvgIpc) is 2.56. The number of hydrogen-bond acceptors (Lipinski definition) is 1. The smallest absolute Gasteiger partial charge is 0.0300 e. The van der Waals surface area contributed by atoms with Gasteiger partial charge in [0.05, 0.1) is 0 Å². The first-order valence-corrected chi connectivity index (χ1v) is 5.09. The van der Waals surface area contributed by atoms with E-state index < -0.39 is 0 Å². The highest BCUT2D eigenvalue weighted by Gasteiger charge is 1.80. The fourth-order valence-corrected chi connectivity index (χ4v) is 1.60. The summed E-state index contributed by atoms with van der Waals surface area (Å²) in [5.41, 5.74) is 0. The van der Waals surface area contributed by atoms with E-state index in [-0.39, 0.29) is 0 Å². The molecule has 0 atom stereocenters. The second-order valence-electron chi connectivity index (χ2n) is 1.93. The largest absolute Gasteiger partial charge is 0.144 e. The van der Waals surface area contributed by atoms with Gasteiger partial charge in [0.15, 0.2) is 0 Å². The molecule has 0 unspecified atom stereocenters. The summed E-state index contributed by atoms with van der Waals surface area (Å²) in [5, 5.41) is 3.35. The van der Waals surface area contributed by atoms with Crippen molar-refractivity contribution in [3.8, 4) is 0 Å². The average molecular weight is 180 g/mol. The van der Waals surface area contributed by atoms with Crippen molar-refractivity contribution in [2.45, 2.75) is 20.8 Å². The van der Waals surface area contributed by atoms with Crippen molar-refractivity contribution in [2.75, 3.05) is 0 Å². The fraction of sp³-hybridized carbons (Fsp3) is 0.273. The molecule has 0 aliphatic rings. The first kappa shape index (κ1) is 11.2. The van der Waals surface area contributed by atoms with E-state index in [9.17, 15) is 0 Å². The van der Waals surface area contributed by atoms with Gasteiger partial charge in [0.2, 0.25) is 0 Å². The normalized spacial score (nSPS) is 12.2. The number of thiophene rings is 1. The van der Waals surface area contributed by atoms with Crippen molar-refractivity contribution in [1.29, 1.82) is 0 Å². The Kier molecular flexibility index (Phi) is 6.39. The molecule has 0 aromatic carbocycles. The van der Waals surface area contributed by atoms with E-state index in [1.54, 1.807) is 11.3 Å². The lowest BCUT2D eigenvalue weighted by Crippen LogP contribution is -2.15. The summed E-state index contributed by atoms with van der Waals surface area (Å²) in [6.45, 7) is 9.69. The van der Waals surface area contributed by atoms with Crippen LogP contribution in [0.4, 0.5) is 0 Å². The van der Waals surface area contributed by atoms with Gasteiger partial charge < -0.3 is 0 Å². The molecule has 0 spiro atoms. The summed E-state index contributed by atoms with van der Waals surface area (Å²) in [4.78, 5) is 0. The molecule has 0 saturated carbocycles. The van der Waals surface area contributed by atoms with Gasteiger partial charge in [0.25, 0.3) is 0 Å². The second kappa shape index (κ2) is 6.86. The van der Waals surface area contributed by atoms with Crippen molar-refractivity contribution in [3.63, 3.8) is 0 Å². The van der Waals surface area contributed by atoms with Gasteiger partial charge in [-0.05, 0) is 23.6 Å². The highest BCUT2D eigenvalue weighted by atomic mass is 32.1. The van der Waals surface area contributed by atoms with Crippen LogP contribution in [-0.4, -0.2) is 0 Å². The van der Waals surface area contributed by atoms with Crippen LogP contribution in [0.1, 0.15) is 20.8 Å². The fourth-order valence-electron chi connectivity index (χ4n) is 0.830. The van der Waals surface area contributed by atoms with Gasteiger partial charge in [0.1, 0.15) is 0 Å². The second-order valence-corrected chi connectivity index (χ2v) is 2.88. The minimum Gasteiger partial charge on any atom is -0.144 e. The van der Waals surface area contributed by atoms with E-state index in [4.69, 9.17) is 0 Å². The van der Waals surface area contributed by atoms with Crippen LogP contribution < -0.4 is 9.75 Å². The van der Waals surface area contributed by atoms with Gasteiger partial charge in [-0.1, -0.05) is 38.7 Å². The Bertz CT molecular complexity index is 317. The summed E-state index contributed by atoms with van der Waals surface area (Å²) < 4.78 is 1.32. The van der Waals surface area contributed by atoms with Crippen molar-refractivity contribution < 1.29 is 0 Å². The molecule has 1 aromatic heterocycles. The summed E-state index contributed by atoms with van der Waals surface area (Å²) in [6, 6.07) is 2.10. The van der Waals surface area contributed by atoms with Crippen LogP contribution in [-0.2, 0) is 0 Å². The Morgan fingerprint density at radius 2 is 2.08 bits per heavy atom. The minimum absolute atomic E-state index is 1.27. The predicted molar refractivity (Wildman–Crippen MR) is 59.7 cm³/mol. The third-order valence-electron chi connectivity index (χ3n) is 1.29. The molecule has 12 heavy (non-hydrogen) atoms. The van der Waals surface area contributed by atoms with E-state index in [0.717, 1.165) is 0 Å². The molecule has 0 aliphatic carbocycles. The third-order valence-corrected chi connectivity index (χ3v) is 2.28. The minimum atomic E-state index is 1.27. The highest BCUT2D eigenvalue weighted by Crippen LogP contribution is 1.80. The standard InChI is InChI=1S/C9H10S.C2H6/c1-3-5-8-6-7-10-9(8)4-2;1-2/h3-7H,1H2,2H3;1-2H3/b8-5-,9-4+;. The van der Waals surface area contributed by atoms with Crippen LogP contribution in [0.2, 0.25) is 0 Å². The molecule has 66 valence electrons. The maximum absolute atomic E-state index is 3.65. The van der Waals surface area contributed by atoms with Crippen molar-refractivity contribution >= 4 is 23.5 Å². The molecule has 0 fully saturated rings. The van der Waals surface area contributed by atoms with Gasteiger partial charge in [-0.15, -0.1) is 11.3 Å². The van der Waals surface area contributed by atoms with Crippen LogP contribution in [0, 0.1) is 0 Å². The lowest BCUT2D eigenvalue weighted by molar-refractivity contribution is 1.50. The van der Waals surface area contributed by atoms with Crippen molar-refractivity contribution in [2.24, 2.45) is 0 Å². The summed E-state index contributed by atoms with van der Waals surface area (Å²) in [6.07, 6.45) is 5.95. The summed E-state index contributed by atoms with van der Waals surface area (Å²) in [5.74, 6) is 0. The predicted octanol–water partition coefficient (Wildman–Crippen LogP) is 2.54. The summed E-state index contributed by atoms with van der Waals surface area (Å²) in [7, 11) is 0. The Morgan fingerprint density at radius 1 is 1.42 bits per heavy atom. The van der Waals surface area contributed by atoms with Crippen molar-refractivity contribution in [3.05, 3.63) is 33.9 Å². The van der Waals surface area contributed by atoms with Crippen LogP contribution >= 0.6 is 11.3 Å². The van der Waals surface area contributed by atoms with Crippen LogP contribution in [0.3, 0.4) is 0 Å². The zero-order chi connectivity index (χ0) is 9.40. The van der Waals surface area contributed by atoms with E-state index in [1.165, 1.54) is 9.75 Å². The maximum Gasteiger partial charge on any atom is 0.0300 e. The Labute approximate surface area is 78.6 Å². The Hall–Kier alpha value is -0.820. The molecule has 0 aliphatic heterocycles. The number of allylic oxidation sites excluding steroid dienone is 1. The lowest BCUT2D eigenvalue weighted by Gasteiger charge is -1.72. The molecular formula is C11H16S. The molecule has 0 nitrogen and oxygen atoms in total. The van der Waals surface area contributed by atoms with Gasteiger partial charge in [-0.25, -0.2) is 0 Å². The van der Waals surface area contributed by atoms with Gasteiger partial charge in [-0.3, -0.25) is 0 Å². The molecule has 1 aromatic rings. The molecule has 0 bridgehead atoms. The SMILES string of the molecule is C=C/C=c1/ccs/c1=C/C.CC. The van der Waals surface area contributed by atoms with E-state index in [2.05, 4.69) is 24.1 Å². The topological polar surface area (TPSA) is 0 Å². The van der Waals surface area contributed by atoms with E-state index in [0.29, 0.717) is 0 Å². The molecule has 0 radical (unpaired) electrons. The lowest BCUT2D eigenvalue weighted by atomic mass is 10.4. The molecule has 0 amide bonds. The van der Waals surface area contributed by atoms with Crippen LogP contribution in [0.5, 0.6) is 0 Å². The molecule has 0 saturated heterocycles. The molecule has 0 N–H and O–H groups in total. The third kappa shape index (κ3) is 3.05. The number of rotatable bonds is 1. The van der Waals surface area contributed by atoms with Gasteiger partial charge in [-0.2, -0.15) is 0 Å². The summed E-state index contributed by atoms with van der Waals surface area (Å²) >= 11 is 1.75. The van der Waals surface area contributed by atoms with Crippen LogP contribution in [0.25, 0.3) is 12.2 Å². The van der Waals surface area contributed by atoms with Gasteiger partial charge >= 0.3 is 0 Å². The molecule has 1 heteroatoms. The highest BCUT2D eigenvalue weighted by molar-refractivity contribution is 7.07. The first-order chi connectivity index (χ1) is 5.88. The number of hydrogen-bond donors (Lipinski definition) is 0. The molecular weight excluding hydrogens is 164 g/mol. The Balaban J connectivity index is 0.000000561. The first-order valence-electron chi connectivity index (χ1n) is 4.21. The van der Waals surface area contributed by atoms with Crippen LogP contribution in [0.15, 0.2) is 24.1 Å².